The third-order valence-corrected chi connectivity index (χ3v) is 3.57. The maximum absolute atomic E-state index is 12.0. The lowest BCUT2D eigenvalue weighted by molar-refractivity contribution is 0.102. The third kappa shape index (κ3) is 3.12. The Labute approximate surface area is 116 Å². The highest BCUT2D eigenvalue weighted by molar-refractivity contribution is 7.14. The number of hydrogen-bond acceptors (Lipinski definition) is 4. The molecule has 2 rings (SSSR count). The molecule has 1 amide bonds. The molecule has 2 N–H and O–H groups in total. The average molecular weight is 276 g/mol. The fraction of sp³-hybridized carbons (Fsp3) is 0.286. The van der Waals surface area contributed by atoms with Gasteiger partial charge in [-0.15, -0.1) is 11.3 Å². The number of carbonyl (C=O) groups excluding carboxylic acids is 1. The number of nitrogens with one attached hydrogen (secondary N) is 1. The highest BCUT2D eigenvalue weighted by atomic mass is 32.1. The van der Waals surface area contributed by atoms with Gasteiger partial charge in [0.05, 0.1) is 5.69 Å². The monoisotopic (exact) mass is 276 g/mol. The number of aromatic hydroxyl groups is 1. The summed E-state index contributed by atoms with van der Waals surface area (Å²) in [6.07, 6.45) is 0. The Balaban J connectivity index is 2.13. The Bertz CT molecular complexity index is 605. The van der Waals surface area contributed by atoms with E-state index < -0.39 is 0 Å². The second-order valence-electron chi connectivity index (χ2n) is 4.69. The van der Waals surface area contributed by atoms with Crippen LogP contribution in [0.5, 0.6) is 5.75 Å². The molecule has 2 aromatic rings. The molecule has 0 radical (unpaired) electrons. The van der Waals surface area contributed by atoms with Gasteiger partial charge in [-0.25, -0.2) is 4.98 Å². The molecule has 19 heavy (non-hydrogen) atoms. The summed E-state index contributed by atoms with van der Waals surface area (Å²) in [5.41, 5.74) is 2.16. The van der Waals surface area contributed by atoms with Crippen LogP contribution in [0.3, 0.4) is 0 Å². The Morgan fingerprint density at radius 3 is 2.74 bits per heavy atom. The fourth-order valence-electron chi connectivity index (χ4n) is 1.57. The van der Waals surface area contributed by atoms with E-state index in [0.29, 0.717) is 22.2 Å². The van der Waals surface area contributed by atoms with Crippen LogP contribution in [-0.2, 0) is 0 Å². The summed E-state index contributed by atoms with van der Waals surface area (Å²) in [6, 6.07) is 4.77. The summed E-state index contributed by atoms with van der Waals surface area (Å²) >= 11 is 1.42. The number of rotatable bonds is 3. The number of aryl methyl sites for hydroxylation is 1. The van der Waals surface area contributed by atoms with Crippen molar-refractivity contribution < 1.29 is 9.90 Å². The van der Waals surface area contributed by atoms with Crippen molar-refractivity contribution in [1.82, 2.24) is 4.98 Å². The first-order chi connectivity index (χ1) is 8.97. The fourth-order valence-corrected chi connectivity index (χ4v) is 2.44. The van der Waals surface area contributed by atoms with Crippen molar-refractivity contribution in [2.45, 2.75) is 26.7 Å². The van der Waals surface area contributed by atoms with Crippen molar-refractivity contribution in [3.8, 4) is 5.75 Å². The minimum absolute atomic E-state index is 0.188. The first-order valence-electron chi connectivity index (χ1n) is 6.03. The summed E-state index contributed by atoms with van der Waals surface area (Å²) < 4.78 is 0. The number of amides is 1. The summed E-state index contributed by atoms with van der Waals surface area (Å²) in [6.45, 7) is 5.88. The van der Waals surface area contributed by atoms with Crippen molar-refractivity contribution in [3.05, 3.63) is 40.4 Å². The number of phenolic OH excluding ortho intramolecular Hbond substituents is 1. The molecule has 0 atom stereocenters. The number of aromatic nitrogens is 1. The van der Waals surface area contributed by atoms with Crippen LogP contribution in [-0.4, -0.2) is 16.0 Å². The van der Waals surface area contributed by atoms with Crippen LogP contribution >= 0.6 is 11.3 Å². The van der Waals surface area contributed by atoms with E-state index >= 15 is 0 Å². The first-order valence-corrected chi connectivity index (χ1v) is 6.91. The predicted molar refractivity (Wildman–Crippen MR) is 77.0 cm³/mol. The van der Waals surface area contributed by atoms with Crippen molar-refractivity contribution in [3.63, 3.8) is 0 Å². The van der Waals surface area contributed by atoms with Crippen molar-refractivity contribution >= 4 is 22.4 Å². The lowest BCUT2D eigenvalue weighted by atomic mass is 10.1. The molecule has 4 nitrogen and oxygen atoms in total. The number of benzene rings is 1. The van der Waals surface area contributed by atoms with E-state index in [4.69, 9.17) is 0 Å². The Kier molecular flexibility index (Phi) is 3.85. The average Bonchev–Trinajstić information content (AvgIpc) is 2.81. The normalized spacial score (nSPS) is 10.7. The van der Waals surface area contributed by atoms with Crippen molar-refractivity contribution in [2.75, 3.05) is 5.32 Å². The lowest BCUT2D eigenvalue weighted by Gasteiger charge is -2.04. The first kappa shape index (κ1) is 13.5. The van der Waals surface area contributed by atoms with E-state index in [9.17, 15) is 9.90 Å². The molecule has 0 unspecified atom stereocenters. The second-order valence-corrected chi connectivity index (χ2v) is 5.55. The van der Waals surface area contributed by atoms with Gasteiger partial charge in [-0.1, -0.05) is 13.8 Å². The number of hydrogen-bond donors (Lipinski definition) is 2. The summed E-state index contributed by atoms with van der Waals surface area (Å²) in [4.78, 5) is 16.4. The van der Waals surface area contributed by atoms with E-state index in [-0.39, 0.29) is 11.7 Å². The van der Waals surface area contributed by atoms with Crippen LogP contribution in [0.2, 0.25) is 0 Å². The van der Waals surface area contributed by atoms with Crippen LogP contribution in [0.15, 0.2) is 23.6 Å². The lowest BCUT2D eigenvalue weighted by Crippen LogP contribution is -2.11. The summed E-state index contributed by atoms with van der Waals surface area (Å²) in [7, 11) is 0. The highest BCUT2D eigenvalue weighted by Gasteiger charge is 2.11. The van der Waals surface area contributed by atoms with Gasteiger partial charge in [0.15, 0.2) is 5.13 Å². The van der Waals surface area contributed by atoms with Gasteiger partial charge in [-0.2, -0.15) is 0 Å². The topological polar surface area (TPSA) is 62.2 Å². The van der Waals surface area contributed by atoms with Gasteiger partial charge in [0.2, 0.25) is 0 Å². The van der Waals surface area contributed by atoms with E-state index in [2.05, 4.69) is 24.1 Å². The zero-order valence-electron chi connectivity index (χ0n) is 11.1. The minimum Gasteiger partial charge on any atom is -0.508 e. The number of nitrogens with zero attached hydrogens (tertiary/aromatic N) is 1. The molecule has 1 aromatic carbocycles. The van der Waals surface area contributed by atoms with E-state index in [0.717, 1.165) is 5.69 Å². The maximum atomic E-state index is 12.0. The van der Waals surface area contributed by atoms with Crippen molar-refractivity contribution in [1.29, 1.82) is 0 Å². The molecule has 0 aliphatic heterocycles. The smallest absolute Gasteiger partial charge is 0.257 e. The second kappa shape index (κ2) is 5.40. The molecule has 0 aliphatic carbocycles. The van der Waals surface area contributed by atoms with E-state index in [1.54, 1.807) is 19.1 Å². The summed E-state index contributed by atoms with van der Waals surface area (Å²) in [5.74, 6) is 0.318. The molecule has 1 aromatic heterocycles. The molecular weight excluding hydrogens is 260 g/mol. The SMILES string of the molecule is Cc1cc(C(=O)Nc2nc(C(C)C)cs2)ccc1O. The predicted octanol–water partition coefficient (Wildman–Crippen LogP) is 3.53. The Morgan fingerprint density at radius 1 is 1.42 bits per heavy atom. The zero-order valence-corrected chi connectivity index (χ0v) is 11.9. The highest BCUT2D eigenvalue weighted by Crippen LogP contribution is 2.23. The van der Waals surface area contributed by atoms with E-state index in [1.807, 2.05) is 5.38 Å². The molecule has 5 heteroatoms. The quantitative estimate of drug-likeness (QED) is 0.901. The van der Waals surface area contributed by atoms with Gasteiger partial charge < -0.3 is 5.11 Å². The van der Waals surface area contributed by atoms with Crippen LogP contribution < -0.4 is 5.32 Å². The molecular formula is C14H16N2O2S. The van der Waals surface area contributed by atoms with Crippen LogP contribution in [0.1, 0.15) is 41.4 Å². The van der Waals surface area contributed by atoms with Gasteiger partial charge >= 0.3 is 0 Å². The van der Waals surface area contributed by atoms with Crippen LogP contribution in [0, 0.1) is 6.92 Å². The number of phenols is 1. The number of thiazole rings is 1. The number of carbonyl (C=O) groups is 1. The zero-order chi connectivity index (χ0) is 14.0. The van der Waals surface area contributed by atoms with Crippen LogP contribution in [0.4, 0.5) is 5.13 Å². The van der Waals surface area contributed by atoms with Crippen LogP contribution in [0.25, 0.3) is 0 Å². The molecule has 0 bridgehead atoms. The molecule has 0 saturated carbocycles. The number of anilines is 1. The molecule has 1 heterocycles. The van der Waals surface area contributed by atoms with Gasteiger partial charge in [-0.3, -0.25) is 10.1 Å². The maximum Gasteiger partial charge on any atom is 0.257 e. The van der Waals surface area contributed by atoms with Gasteiger partial charge in [-0.05, 0) is 36.6 Å². The molecule has 0 fully saturated rings. The standard InChI is InChI=1S/C14H16N2O2S/c1-8(2)11-7-19-14(15-11)16-13(18)10-4-5-12(17)9(3)6-10/h4-8,17H,1-3H3,(H,15,16,18). The molecule has 0 spiro atoms. The van der Waals surface area contributed by atoms with E-state index in [1.165, 1.54) is 17.4 Å². The van der Waals surface area contributed by atoms with Gasteiger partial charge in [0.25, 0.3) is 5.91 Å². The summed E-state index contributed by atoms with van der Waals surface area (Å²) in [5, 5.41) is 14.7. The third-order valence-electron chi connectivity index (χ3n) is 2.79. The Hall–Kier alpha value is -1.88. The van der Waals surface area contributed by atoms with Crippen molar-refractivity contribution in [2.24, 2.45) is 0 Å². The van der Waals surface area contributed by atoms with Gasteiger partial charge in [0, 0.05) is 10.9 Å². The molecule has 100 valence electrons. The molecule has 0 saturated heterocycles. The largest absolute Gasteiger partial charge is 0.508 e. The Morgan fingerprint density at radius 2 is 2.16 bits per heavy atom. The van der Waals surface area contributed by atoms with Gasteiger partial charge in [0.1, 0.15) is 5.75 Å². The molecule has 0 aliphatic rings. The minimum atomic E-state index is -0.215.